The van der Waals surface area contributed by atoms with E-state index in [-0.39, 0.29) is 12.8 Å². The number of halogens is 1. The summed E-state index contributed by atoms with van der Waals surface area (Å²) >= 11 is 0. The Morgan fingerprint density at radius 2 is 2.40 bits per heavy atom. The molecule has 0 saturated carbocycles. The van der Waals surface area contributed by atoms with Gasteiger partial charge < -0.3 is 4.74 Å². The Morgan fingerprint density at radius 1 is 1.70 bits per heavy atom. The molecule has 1 rings (SSSR count). The van der Waals surface area contributed by atoms with Crippen molar-refractivity contribution >= 4 is 0 Å². The summed E-state index contributed by atoms with van der Waals surface area (Å²) in [4.78, 5) is 2.12. The van der Waals surface area contributed by atoms with Crippen LogP contribution in [0.5, 0.6) is 0 Å². The van der Waals surface area contributed by atoms with Crippen LogP contribution in [-0.4, -0.2) is 43.9 Å². The lowest BCUT2D eigenvalue weighted by Crippen LogP contribution is -2.46. The summed E-state index contributed by atoms with van der Waals surface area (Å²) in [6.07, 6.45) is -0.193. The zero-order valence-electron chi connectivity index (χ0n) is 6.51. The van der Waals surface area contributed by atoms with Crippen molar-refractivity contribution in [3.63, 3.8) is 0 Å². The van der Waals surface area contributed by atoms with Crippen LogP contribution in [0.2, 0.25) is 0 Å². The molecule has 0 aromatic carbocycles. The SMILES string of the molecule is C[C@H]1CO[C@@H](CF)CN1C. The largest absolute Gasteiger partial charge is 0.373 e. The predicted molar refractivity (Wildman–Crippen MR) is 37.8 cm³/mol. The van der Waals surface area contributed by atoms with Gasteiger partial charge in [0.25, 0.3) is 0 Å². The number of rotatable bonds is 1. The van der Waals surface area contributed by atoms with Gasteiger partial charge in [0.1, 0.15) is 6.67 Å². The maximum Gasteiger partial charge on any atom is 0.117 e. The van der Waals surface area contributed by atoms with E-state index in [9.17, 15) is 4.39 Å². The summed E-state index contributed by atoms with van der Waals surface area (Å²) in [6.45, 7) is 3.09. The highest BCUT2D eigenvalue weighted by atomic mass is 19.1. The maximum absolute atomic E-state index is 12.0. The third kappa shape index (κ3) is 1.67. The molecule has 0 aromatic heterocycles. The lowest BCUT2D eigenvalue weighted by molar-refractivity contribution is -0.0570. The van der Waals surface area contributed by atoms with Gasteiger partial charge in [0.2, 0.25) is 0 Å². The van der Waals surface area contributed by atoms with Gasteiger partial charge in [0.05, 0.1) is 12.7 Å². The van der Waals surface area contributed by atoms with Crippen LogP contribution in [0.15, 0.2) is 0 Å². The monoisotopic (exact) mass is 147 g/mol. The van der Waals surface area contributed by atoms with Gasteiger partial charge in [-0.25, -0.2) is 4.39 Å². The number of ether oxygens (including phenoxy) is 1. The Morgan fingerprint density at radius 3 is 2.90 bits per heavy atom. The van der Waals surface area contributed by atoms with Gasteiger partial charge in [0, 0.05) is 12.6 Å². The molecule has 3 heteroatoms. The first kappa shape index (κ1) is 7.95. The van der Waals surface area contributed by atoms with Crippen molar-refractivity contribution in [2.45, 2.75) is 19.1 Å². The standard InChI is InChI=1S/C7H14FNO/c1-6-5-10-7(3-8)4-9(6)2/h6-7H,3-5H2,1-2H3/t6-,7-/m0/s1. The molecule has 0 radical (unpaired) electrons. The van der Waals surface area contributed by atoms with Gasteiger partial charge in [-0.2, -0.15) is 0 Å². The lowest BCUT2D eigenvalue weighted by atomic mass is 10.2. The highest BCUT2D eigenvalue weighted by Gasteiger charge is 2.22. The summed E-state index contributed by atoms with van der Waals surface area (Å²) in [6, 6.07) is 0.433. The maximum atomic E-state index is 12.0. The van der Waals surface area contributed by atoms with Crippen molar-refractivity contribution < 1.29 is 9.13 Å². The van der Waals surface area contributed by atoms with Crippen LogP contribution in [0.4, 0.5) is 4.39 Å². The molecule has 1 fully saturated rings. The normalized spacial score (nSPS) is 36.3. The molecule has 0 aromatic rings. The Labute approximate surface area is 61.0 Å². The van der Waals surface area contributed by atoms with Crippen LogP contribution in [0.1, 0.15) is 6.92 Å². The van der Waals surface area contributed by atoms with E-state index >= 15 is 0 Å². The highest BCUT2D eigenvalue weighted by molar-refractivity contribution is 4.73. The van der Waals surface area contributed by atoms with E-state index in [0.29, 0.717) is 12.6 Å². The quantitative estimate of drug-likeness (QED) is 0.540. The second kappa shape index (κ2) is 3.30. The molecule has 1 aliphatic rings. The first-order valence-electron chi connectivity index (χ1n) is 3.62. The van der Waals surface area contributed by atoms with Gasteiger partial charge in [-0.1, -0.05) is 0 Å². The fourth-order valence-corrected chi connectivity index (χ4v) is 1.05. The van der Waals surface area contributed by atoms with E-state index in [1.807, 2.05) is 7.05 Å². The van der Waals surface area contributed by atoms with E-state index in [1.165, 1.54) is 0 Å². The summed E-state index contributed by atoms with van der Waals surface area (Å²) in [7, 11) is 2.00. The first-order chi connectivity index (χ1) is 4.74. The van der Waals surface area contributed by atoms with Crippen LogP contribution in [0.25, 0.3) is 0 Å². The Balaban J connectivity index is 2.33. The second-order valence-electron chi connectivity index (χ2n) is 2.90. The molecule has 0 unspecified atom stereocenters. The van der Waals surface area contributed by atoms with Crippen molar-refractivity contribution in [2.24, 2.45) is 0 Å². The molecule has 2 nitrogen and oxygen atoms in total. The van der Waals surface area contributed by atoms with Crippen molar-refractivity contribution in [1.82, 2.24) is 4.90 Å². The van der Waals surface area contributed by atoms with E-state index in [2.05, 4.69) is 11.8 Å². The molecule has 0 spiro atoms. The number of hydrogen-bond acceptors (Lipinski definition) is 2. The van der Waals surface area contributed by atoms with Crippen LogP contribution < -0.4 is 0 Å². The molecule has 10 heavy (non-hydrogen) atoms. The number of morpholine rings is 1. The van der Waals surface area contributed by atoms with Crippen LogP contribution in [-0.2, 0) is 4.74 Å². The molecule has 0 bridgehead atoms. The van der Waals surface area contributed by atoms with Gasteiger partial charge in [-0.05, 0) is 14.0 Å². The van der Waals surface area contributed by atoms with Crippen molar-refractivity contribution in [2.75, 3.05) is 26.9 Å². The van der Waals surface area contributed by atoms with Crippen molar-refractivity contribution in [3.05, 3.63) is 0 Å². The molecule has 1 aliphatic heterocycles. The third-order valence-electron chi connectivity index (χ3n) is 1.99. The Kier molecular flexibility index (Phi) is 2.63. The molecule has 60 valence electrons. The van der Waals surface area contributed by atoms with E-state index in [4.69, 9.17) is 4.74 Å². The fraction of sp³-hybridized carbons (Fsp3) is 1.00. The molecule has 0 aliphatic carbocycles. The molecule has 0 amide bonds. The zero-order valence-corrected chi connectivity index (χ0v) is 6.51. The van der Waals surface area contributed by atoms with Gasteiger partial charge >= 0.3 is 0 Å². The van der Waals surface area contributed by atoms with E-state index in [0.717, 1.165) is 6.54 Å². The first-order valence-corrected chi connectivity index (χ1v) is 3.62. The number of likely N-dealkylation sites (N-methyl/N-ethyl adjacent to an activating group) is 1. The average molecular weight is 147 g/mol. The van der Waals surface area contributed by atoms with Crippen LogP contribution in [0.3, 0.4) is 0 Å². The topological polar surface area (TPSA) is 12.5 Å². The highest BCUT2D eigenvalue weighted by Crippen LogP contribution is 2.08. The van der Waals surface area contributed by atoms with Gasteiger partial charge in [-0.15, -0.1) is 0 Å². The van der Waals surface area contributed by atoms with Gasteiger partial charge in [-0.3, -0.25) is 4.90 Å². The molecule has 0 N–H and O–H groups in total. The lowest BCUT2D eigenvalue weighted by Gasteiger charge is -2.33. The number of hydrogen-bond donors (Lipinski definition) is 0. The van der Waals surface area contributed by atoms with E-state index < -0.39 is 0 Å². The molecule has 1 heterocycles. The van der Waals surface area contributed by atoms with Crippen molar-refractivity contribution in [1.29, 1.82) is 0 Å². The summed E-state index contributed by atoms with van der Waals surface area (Å²) < 4.78 is 17.2. The summed E-state index contributed by atoms with van der Waals surface area (Å²) in [5.41, 5.74) is 0. The Bertz CT molecular complexity index is 110. The Hall–Kier alpha value is -0.150. The molecule has 2 atom stereocenters. The summed E-state index contributed by atoms with van der Waals surface area (Å²) in [5.74, 6) is 0. The minimum atomic E-state index is -0.364. The zero-order chi connectivity index (χ0) is 7.56. The van der Waals surface area contributed by atoms with Crippen LogP contribution in [0, 0.1) is 0 Å². The second-order valence-corrected chi connectivity index (χ2v) is 2.90. The van der Waals surface area contributed by atoms with Crippen molar-refractivity contribution in [3.8, 4) is 0 Å². The van der Waals surface area contributed by atoms with E-state index in [1.54, 1.807) is 0 Å². The average Bonchev–Trinajstić information content (AvgIpc) is 1.95. The number of nitrogens with zero attached hydrogens (tertiary/aromatic N) is 1. The smallest absolute Gasteiger partial charge is 0.117 e. The molecular formula is C7H14FNO. The van der Waals surface area contributed by atoms with Crippen LogP contribution >= 0.6 is 0 Å². The predicted octanol–water partition coefficient (Wildman–Crippen LogP) is 0.675. The minimum absolute atomic E-state index is 0.193. The number of alkyl halides is 1. The molecule has 1 saturated heterocycles. The fourth-order valence-electron chi connectivity index (χ4n) is 1.05. The molecular weight excluding hydrogens is 133 g/mol. The minimum Gasteiger partial charge on any atom is -0.373 e. The summed E-state index contributed by atoms with van der Waals surface area (Å²) in [5, 5.41) is 0. The third-order valence-corrected chi connectivity index (χ3v) is 1.99. The van der Waals surface area contributed by atoms with Gasteiger partial charge in [0.15, 0.2) is 0 Å².